The zero-order valence-corrected chi connectivity index (χ0v) is 15.1. The number of nitrogens with one attached hydrogen (secondary N) is 2. The third-order valence-corrected chi connectivity index (χ3v) is 5.51. The highest BCUT2D eigenvalue weighted by Gasteiger charge is 2.41. The van der Waals surface area contributed by atoms with Gasteiger partial charge >= 0.3 is 0 Å². The van der Waals surface area contributed by atoms with Crippen molar-refractivity contribution in [3.63, 3.8) is 0 Å². The van der Waals surface area contributed by atoms with Crippen LogP contribution in [0.3, 0.4) is 0 Å². The van der Waals surface area contributed by atoms with E-state index in [9.17, 15) is 4.79 Å². The van der Waals surface area contributed by atoms with Crippen molar-refractivity contribution >= 4 is 5.91 Å². The molecular weight excluding hydrogens is 328 g/mol. The summed E-state index contributed by atoms with van der Waals surface area (Å²) in [5.74, 6) is 0.577. The van der Waals surface area contributed by atoms with Crippen molar-refractivity contribution in [2.24, 2.45) is 0 Å². The van der Waals surface area contributed by atoms with E-state index in [-0.39, 0.29) is 18.0 Å². The van der Waals surface area contributed by atoms with Crippen LogP contribution in [0.15, 0.2) is 36.9 Å². The zero-order chi connectivity index (χ0) is 17.9. The molecule has 2 aromatic heterocycles. The predicted octanol–water partition coefficient (Wildman–Crippen LogP) is 1.23. The van der Waals surface area contributed by atoms with Crippen molar-refractivity contribution in [2.75, 3.05) is 13.1 Å². The lowest BCUT2D eigenvalue weighted by molar-refractivity contribution is -0.132. The minimum atomic E-state index is 0.225. The molecule has 2 aromatic rings. The van der Waals surface area contributed by atoms with Crippen molar-refractivity contribution in [1.29, 1.82) is 0 Å². The van der Waals surface area contributed by atoms with Crippen LogP contribution in [0.2, 0.25) is 0 Å². The number of rotatable bonds is 5. The third-order valence-electron chi connectivity index (χ3n) is 5.51. The van der Waals surface area contributed by atoms with Crippen LogP contribution >= 0.6 is 0 Å². The Morgan fingerprint density at radius 1 is 1.35 bits per heavy atom. The maximum absolute atomic E-state index is 12.9. The van der Waals surface area contributed by atoms with E-state index in [0.717, 1.165) is 31.5 Å². The molecule has 26 heavy (non-hydrogen) atoms. The van der Waals surface area contributed by atoms with Gasteiger partial charge in [-0.05, 0) is 43.0 Å². The summed E-state index contributed by atoms with van der Waals surface area (Å²) in [7, 11) is 0. The van der Waals surface area contributed by atoms with Gasteiger partial charge in [0.2, 0.25) is 5.91 Å². The zero-order valence-electron chi connectivity index (χ0n) is 15.1. The van der Waals surface area contributed by atoms with E-state index in [2.05, 4.69) is 38.0 Å². The Morgan fingerprint density at radius 3 is 2.96 bits per heavy atom. The topological polar surface area (TPSA) is 75.1 Å². The summed E-state index contributed by atoms with van der Waals surface area (Å²) < 4.78 is 1.85. The largest absolute Gasteiger partial charge is 0.338 e. The van der Waals surface area contributed by atoms with Crippen molar-refractivity contribution in [3.8, 4) is 0 Å². The second-order valence-electron chi connectivity index (χ2n) is 7.27. The second-order valence-corrected chi connectivity index (χ2v) is 7.27. The number of likely N-dealkylation sites (tertiary alicyclic amines) is 1. The van der Waals surface area contributed by atoms with Crippen molar-refractivity contribution in [2.45, 2.75) is 50.7 Å². The van der Waals surface area contributed by atoms with Crippen LogP contribution in [0.1, 0.15) is 36.3 Å². The molecule has 4 rings (SSSR count). The van der Waals surface area contributed by atoms with Gasteiger partial charge in [-0.15, -0.1) is 0 Å². The molecule has 0 radical (unpaired) electrons. The Hall–Kier alpha value is -2.25. The maximum Gasteiger partial charge on any atom is 0.224 e. The fraction of sp³-hybridized carbons (Fsp3) is 0.526. The Morgan fingerprint density at radius 2 is 2.19 bits per heavy atom. The van der Waals surface area contributed by atoms with Crippen LogP contribution in [0.4, 0.5) is 0 Å². The lowest BCUT2D eigenvalue weighted by atomic mass is 9.88. The van der Waals surface area contributed by atoms with Crippen LogP contribution in [0.25, 0.3) is 0 Å². The molecule has 0 aromatic carbocycles. The molecule has 2 N–H and O–H groups in total. The van der Waals surface area contributed by atoms with E-state index in [0.29, 0.717) is 18.9 Å². The first-order valence-electron chi connectivity index (χ1n) is 9.39. The molecule has 0 spiro atoms. The molecule has 7 heteroatoms. The average molecular weight is 354 g/mol. The molecule has 0 bridgehead atoms. The number of carbonyl (C=O) groups is 1. The lowest BCUT2D eigenvalue weighted by Crippen LogP contribution is -2.50. The Kier molecular flexibility index (Phi) is 4.99. The van der Waals surface area contributed by atoms with Gasteiger partial charge in [0.15, 0.2) is 0 Å². The first-order valence-corrected chi connectivity index (χ1v) is 9.39. The molecule has 1 amide bonds. The predicted molar refractivity (Wildman–Crippen MR) is 98.2 cm³/mol. The van der Waals surface area contributed by atoms with Gasteiger partial charge < -0.3 is 4.90 Å². The van der Waals surface area contributed by atoms with Gasteiger partial charge in [-0.2, -0.15) is 5.10 Å². The standard InChI is InChI=1S/C19H26N6O/c1-14-11-22-24(13-14)10-6-18(26)25-9-2-3-17(25)19-16(12-21-23-19)15-4-7-20-8-5-15/h4-5,7-8,11,13,16-17,19,21,23H,2-3,6,9-10,12H2,1H3. The highest BCUT2D eigenvalue weighted by molar-refractivity contribution is 5.77. The number of aromatic nitrogens is 3. The molecular formula is C19H26N6O. The van der Waals surface area contributed by atoms with Crippen molar-refractivity contribution < 1.29 is 4.79 Å². The normalized spacial score (nSPS) is 25.7. The number of amides is 1. The summed E-state index contributed by atoms with van der Waals surface area (Å²) in [6, 6.07) is 4.62. The Labute approximate surface area is 153 Å². The minimum absolute atomic E-state index is 0.225. The summed E-state index contributed by atoms with van der Waals surface area (Å²) in [4.78, 5) is 19.1. The smallest absolute Gasteiger partial charge is 0.224 e. The molecule has 2 fully saturated rings. The number of pyridine rings is 1. The van der Waals surface area contributed by atoms with Gasteiger partial charge in [0.05, 0.1) is 6.20 Å². The van der Waals surface area contributed by atoms with Gasteiger partial charge in [0.1, 0.15) is 0 Å². The molecule has 2 aliphatic heterocycles. The summed E-state index contributed by atoms with van der Waals surface area (Å²) in [5, 5.41) is 4.28. The number of hydrazine groups is 1. The molecule has 0 saturated carbocycles. The maximum atomic E-state index is 12.9. The summed E-state index contributed by atoms with van der Waals surface area (Å²) in [6.45, 7) is 4.38. The van der Waals surface area contributed by atoms with Crippen molar-refractivity contribution in [1.82, 2.24) is 30.5 Å². The minimum Gasteiger partial charge on any atom is -0.338 e. The van der Waals surface area contributed by atoms with Gasteiger partial charge in [-0.3, -0.25) is 25.3 Å². The van der Waals surface area contributed by atoms with E-state index in [1.807, 2.05) is 36.4 Å². The fourth-order valence-electron chi connectivity index (χ4n) is 4.23. The molecule has 3 unspecified atom stereocenters. The van der Waals surface area contributed by atoms with Crippen LogP contribution in [-0.4, -0.2) is 50.7 Å². The van der Waals surface area contributed by atoms with Crippen LogP contribution < -0.4 is 10.9 Å². The van der Waals surface area contributed by atoms with Crippen LogP contribution in [-0.2, 0) is 11.3 Å². The molecule has 2 aliphatic rings. The highest BCUT2D eigenvalue weighted by Crippen LogP contribution is 2.31. The fourth-order valence-corrected chi connectivity index (χ4v) is 4.23. The van der Waals surface area contributed by atoms with E-state index in [1.165, 1.54) is 5.56 Å². The van der Waals surface area contributed by atoms with Gasteiger partial charge in [-0.25, -0.2) is 0 Å². The van der Waals surface area contributed by atoms with Gasteiger partial charge in [0.25, 0.3) is 0 Å². The first-order chi connectivity index (χ1) is 12.7. The third kappa shape index (κ3) is 3.50. The molecule has 7 nitrogen and oxygen atoms in total. The van der Waals surface area contributed by atoms with Gasteiger partial charge in [-0.1, -0.05) is 0 Å². The number of hydrogen-bond donors (Lipinski definition) is 2. The summed E-state index contributed by atoms with van der Waals surface area (Å²) in [5.41, 5.74) is 9.12. The summed E-state index contributed by atoms with van der Waals surface area (Å²) >= 11 is 0. The molecule has 138 valence electrons. The monoisotopic (exact) mass is 354 g/mol. The highest BCUT2D eigenvalue weighted by atomic mass is 16.2. The molecule has 0 aliphatic carbocycles. The number of hydrogen-bond acceptors (Lipinski definition) is 5. The van der Waals surface area contributed by atoms with Crippen LogP contribution in [0, 0.1) is 6.92 Å². The Bertz CT molecular complexity index is 745. The van der Waals surface area contributed by atoms with Gasteiger partial charge in [0, 0.05) is 62.6 Å². The first kappa shape index (κ1) is 17.2. The SMILES string of the molecule is Cc1cnn(CCC(=O)N2CCCC2C2NNCC2c2ccncc2)c1. The average Bonchev–Trinajstić information content (AvgIpc) is 3.40. The van der Waals surface area contributed by atoms with E-state index in [1.54, 1.807) is 0 Å². The number of nitrogens with zero attached hydrogens (tertiary/aromatic N) is 4. The lowest BCUT2D eigenvalue weighted by Gasteiger charge is -2.32. The van der Waals surface area contributed by atoms with Crippen molar-refractivity contribution in [3.05, 3.63) is 48.0 Å². The number of aryl methyl sites for hydroxylation is 2. The number of carbonyl (C=O) groups excluding carboxylic acids is 1. The second kappa shape index (κ2) is 7.55. The quantitative estimate of drug-likeness (QED) is 0.845. The van der Waals surface area contributed by atoms with E-state index in [4.69, 9.17) is 0 Å². The molecule has 2 saturated heterocycles. The molecule has 4 heterocycles. The van der Waals surface area contributed by atoms with Crippen LogP contribution in [0.5, 0.6) is 0 Å². The van der Waals surface area contributed by atoms with E-state index >= 15 is 0 Å². The van der Waals surface area contributed by atoms with E-state index < -0.39 is 0 Å². The summed E-state index contributed by atoms with van der Waals surface area (Å²) in [6.07, 6.45) is 10.1. The Balaban J connectivity index is 1.43. The molecule has 3 atom stereocenters.